The first kappa shape index (κ1) is 10.9. The second kappa shape index (κ2) is 4.47. The van der Waals surface area contributed by atoms with E-state index in [0.717, 1.165) is 5.69 Å². The summed E-state index contributed by atoms with van der Waals surface area (Å²) in [6.45, 7) is 0. The number of hydrogen-bond acceptors (Lipinski definition) is 2. The molecule has 0 saturated carbocycles. The molecule has 0 aliphatic carbocycles. The van der Waals surface area contributed by atoms with E-state index in [1.54, 1.807) is 17.5 Å². The van der Waals surface area contributed by atoms with E-state index in [0.29, 0.717) is 21.5 Å². The molecule has 0 amide bonds. The Balaban J connectivity index is 2.53. The maximum atomic E-state index is 13.5. The van der Waals surface area contributed by atoms with Crippen LogP contribution in [0.2, 0.25) is 5.02 Å². The first-order valence-electron chi connectivity index (χ1n) is 4.17. The molecule has 2 rings (SSSR count). The lowest BCUT2D eigenvalue weighted by molar-refractivity contribution is 0.631. The molecule has 0 spiro atoms. The molecule has 1 aromatic heterocycles. The van der Waals surface area contributed by atoms with Crippen molar-refractivity contribution in [3.8, 4) is 10.6 Å². The summed E-state index contributed by atoms with van der Waals surface area (Å²) >= 11 is 12.9. The summed E-state index contributed by atoms with van der Waals surface area (Å²) in [4.78, 5) is 4.18. The van der Waals surface area contributed by atoms with Crippen molar-refractivity contribution in [2.75, 3.05) is 0 Å². The number of hydrogen-bond donors (Lipinski definition) is 0. The van der Waals surface area contributed by atoms with Crippen molar-refractivity contribution < 1.29 is 4.39 Å². The molecular formula is C10H6Cl2FNS. The Bertz CT molecular complexity index is 464. The average Bonchev–Trinajstić information content (AvgIpc) is 2.66. The van der Waals surface area contributed by atoms with Gasteiger partial charge in [-0.2, -0.15) is 0 Å². The normalized spacial score (nSPS) is 10.6. The van der Waals surface area contributed by atoms with Crippen molar-refractivity contribution in [2.45, 2.75) is 5.88 Å². The van der Waals surface area contributed by atoms with Crippen LogP contribution in [0.15, 0.2) is 23.6 Å². The van der Waals surface area contributed by atoms with Gasteiger partial charge < -0.3 is 0 Å². The molecule has 15 heavy (non-hydrogen) atoms. The summed E-state index contributed by atoms with van der Waals surface area (Å²) in [5.41, 5.74) is 1.08. The molecule has 0 fully saturated rings. The van der Waals surface area contributed by atoms with Crippen LogP contribution in [0.4, 0.5) is 4.39 Å². The van der Waals surface area contributed by atoms with Gasteiger partial charge in [-0.1, -0.05) is 17.7 Å². The zero-order chi connectivity index (χ0) is 10.8. The minimum absolute atomic E-state index is 0.322. The maximum absolute atomic E-state index is 13.5. The minimum atomic E-state index is -0.363. The Morgan fingerprint density at radius 2 is 2.20 bits per heavy atom. The summed E-state index contributed by atoms with van der Waals surface area (Å²) in [5, 5.41) is 2.73. The molecule has 0 unspecified atom stereocenters. The summed E-state index contributed by atoms with van der Waals surface area (Å²) in [6, 6.07) is 4.57. The molecule has 1 nitrogen and oxygen atoms in total. The lowest BCUT2D eigenvalue weighted by Crippen LogP contribution is -1.85. The monoisotopic (exact) mass is 261 g/mol. The molecule has 0 aliphatic rings. The van der Waals surface area contributed by atoms with Gasteiger partial charge in [0.15, 0.2) is 0 Å². The van der Waals surface area contributed by atoms with Gasteiger partial charge in [0, 0.05) is 5.38 Å². The average molecular weight is 262 g/mol. The van der Waals surface area contributed by atoms with E-state index < -0.39 is 0 Å². The molecule has 78 valence electrons. The van der Waals surface area contributed by atoms with Gasteiger partial charge >= 0.3 is 0 Å². The molecule has 0 radical (unpaired) electrons. The minimum Gasteiger partial charge on any atom is -0.240 e. The fraction of sp³-hybridized carbons (Fsp3) is 0.100. The maximum Gasteiger partial charge on any atom is 0.134 e. The Kier molecular flexibility index (Phi) is 3.24. The third-order valence-electron chi connectivity index (χ3n) is 1.87. The number of aromatic nitrogens is 1. The first-order valence-corrected chi connectivity index (χ1v) is 5.96. The van der Waals surface area contributed by atoms with E-state index >= 15 is 0 Å². The number of halogens is 3. The predicted molar refractivity (Wildman–Crippen MR) is 62.1 cm³/mol. The molecule has 0 N–H and O–H groups in total. The van der Waals surface area contributed by atoms with E-state index in [9.17, 15) is 4.39 Å². The number of rotatable bonds is 2. The predicted octanol–water partition coefficient (Wildman–Crippen LogP) is 4.34. The lowest BCUT2D eigenvalue weighted by Gasteiger charge is -2.00. The van der Waals surface area contributed by atoms with E-state index in [-0.39, 0.29) is 5.82 Å². The van der Waals surface area contributed by atoms with Crippen LogP contribution >= 0.6 is 34.5 Å². The van der Waals surface area contributed by atoms with Crippen molar-refractivity contribution in [1.29, 1.82) is 0 Å². The van der Waals surface area contributed by atoms with Crippen LogP contribution < -0.4 is 0 Å². The van der Waals surface area contributed by atoms with E-state index in [1.807, 2.05) is 0 Å². The highest BCUT2D eigenvalue weighted by Gasteiger charge is 2.12. The SMILES string of the molecule is Fc1cccc(Cl)c1-c1nc(CCl)cs1. The molecular weight excluding hydrogens is 256 g/mol. The van der Waals surface area contributed by atoms with Gasteiger partial charge in [-0.25, -0.2) is 9.37 Å². The van der Waals surface area contributed by atoms with Gasteiger partial charge in [0.1, 0.15) is 10.8 Å². The number of nitrogens with zero attached hydrogens (tertiary/aromatic N) is 1. The highest BCUT2D eigenvalue weighted by molar-refractivity contribution is 7.13. The second-order valence-corrected chi connectivity index (χ2v) is 4.41. The van der Waals surface area contributed by atoms with Crippen LogP contribution in [0.3, 0.4) is 0 Å². The van der Waals surface area contributed by atoms with E-state index in [2.05, 4.69) is 4.98 Å². The molecule has 5 heteroatoms. The van der Waals surface area contributed by atoms with Gasteiger partial charge in [0.25, 0.3) is 0 Å². The lowest BCUT2D eigenvalue weighted by atomic mass is 10.2. The highest BCUT2D eigenvalue weighted by atomic mass is 35.5. The van der Waals surface area contributed by atoms with Crippen molar-refractivity contribution >= 4 is 34.5 Å². The molecule has 0 saturated heterocycles. The molecule has 1 heterocycles. The quantitative estimate of drug-likeness (QED) is 0.733. The molecule has 2 aromatic rings. The van der Waals surface area contributed by atoms with E-state index in [1.165, 1.54) is 17.4 Å². The number of alkyl halides is 1. The number of thiazole rings is 1. The number of benzene rings is 1. The smallest absolute Gasteiger partial charge is 0.134 e. The zero-order valence-corrected chi connectivity index (χ0v) is 9.83. The fourth-order valence-corrected chi connectivity index (χ4v) is 2.60. The summed E-state index contributed by atoms with van der Waals surface area (Å²) in [7, 11) is 0. The third kappa shape index (κ3) is 2.14. The molecule has 0 aliphatic heterocycles. The molecule has 0 bridgehead atoms. The van der Waals surface area contributed by atoms with Gasteiger partial charge in [0.2, 0.25) is 0 Å². The van der Waals surface area contributed by atoms with Crippen LogP contribution in [-0.2, 0) is 5.88 Å². The third-order valence-corrected chi connectivity index (χ3v) is 3.36. The van der Waals surface area contributed by atoms with Crippen LogP contribution in [0.1, 0.15) is 5.69 Å². The van der Waals surface area contributed by atoms with Crippen LogP contribution in [0, 0.1) is 5.82 Å². The van der Waals surface area contributed by atoms with Crippen LogP contribution in [0.5, 0.6) is 0 Å². The van der Waals surface area contributed by atoms with E-state index in [4.69, 9.17) is 23.2 Å². The van der Waals surface area contributed by atoms with Crippen LogP contribution in [-0.4, -0.2) is 4.98 Å². The molecule has 0 atom stereocenters. The van der Waals surface area contributed by atoms with Gasteiger partial charge in [-0.15, -0.1) is 22.9 Å². The first-order chi connectivity index (χ1) is 7.22. The second-order valence-electron chi connectivity index (χ2n) is 2.87. The summed E-state index contributed by atoms with van der Waals surface area (Å²) < 4.78 is 13.5. The van der Waals surface area contributed by atoms with Crippen molar-refractivity contribution in [2.24, 2.45) is 0 Å². The zero-order valence-electron chi connectivity index (χ0n) is 7.51. The summed E-state index contributed by atoms with van der Waals surface area (Å²) in [5.74, 6) is -0.0410. The Hall–Kier alpha value is -0.640. The topological polar surface area (TPSA) is 12.9 Å². The van der Waals surface area contributed by atoms with Crippen molar-refractivity contribution in [1.82, 2.24) is 4.98 Å². The van der Waals surface area contributed by atoms with Gasteiger partial charge in [-0.05, 0) is 12.1 Å². The molecule has 1 aromatic carbocycles. The van der Waals surface area contributed by atoms with Crippen molar-refractivity contribution in [3.05, 3.63) is 40.1 Å². The standard InChI is InChI=1S/C10H6Cl2FNS/c11-4-6-5-15-10(14-6)9-7(12)2-1-3-8(9)13/h1-3,5H,4H2. The van der Waals surface area contributed by atoms with Gasteiger partial charge in [-0.3, -0.25) is 0 Å². The largest absolute Gasteiger partial charge is 0.240 e. The Labute approximate surface area is 100 Å². The fourth-order valence-electron chi connectivity index (χ4n) is 1.19. The highest BCUT2D eigenvalue weighted by Crippen LogP contribution is 2.32. The van der Waals surface area contributed by atoms with Gasteiger partial charge in [0.05, 0.1) is 22.2 Å². The van der Waals surface area contributed by atoms with Crippen molar-refractivity contribution in [3.63, 3.8) is 0 Å². The van der Waals surface area contributed by atoms with Crippen LogP contribution in [0.25, 0.3) is 10.6 Å². The Morgan fingerprint density at radius 1 is 1.40 bits per heavy atom. The summed E-state index contributed by atoms with van der Waals surface area (Å²) in [6.07, 6.45) is 0. The Morgan fingerprint density at radius 3 is 2.80 bits per heavy atom.